The highest BCUT2D eigenvalue weighted by molar-refractivity contribution is 7.86. The van der Waals surface area contributed by atoms with Crippen molar-refractivity contribution >= 4 is 22.9 Å². The Morgan fingerprint density at radius 3 is 2.26 bits per heavy atom. The maximum absolute atomic E-state index is 13.0. The first kappa shape index (κ1) is 17.3. The van der Waals surface area contributed by atoms with Crippen LogP contribution in [0.2, 0.25) is 0 Å². The van der Waals surface area contributed by atoms with Crippen LogP contribution in [-0.2, 0) is 15.6 Å². The smallest absolute Gasteiger partial charge is 0.179 e. The Morgan fingerprint density at radius 1 is 1.09 bits per heavy atom. The molecule has 0 saturated heterocycles. The summed E-state index contributed by atoms with van der Waals surface area (Å²) < 4.78 is 13.0. The molecule has 2 aromatic carbocycles. The van der Waals surface area contributed by atoms with Crippen LogP contribution in [0.4, 0.5) is 0 Å². The highest BCUT2D eigenvalue weighted by atomic mass is 32.2. The van der Waals surface area contributed by atoms with E-state index < -0.39 is 16.0 Å². The number of carbonyl (C=O) groups is 2. The van der Waals surface area contributed by atoms with E-state index in [9.17, 15) is 13.8 Å². The van der Waals surface area contributed by atoms with Crippen LogP contribution in [0.3, 0.4) is 0 Å². The summed E-state index contributed by atoms with van der Waals surface area (Å²) in [4.78, 5) is 24.3. The minimum absolute atomic E-state index is 0.182. The fourth-order valence-electron chi connectivity index (χ4n) is 2.43. The van der Waals surface area contributed by atoms with Gasteiger partial charge in [0, 0.05) is 16.9 Å². The Kier molecular flexibility index (Phi) is 5.99. The van der Waals surface area contributed by atoms with Crippen LogP contribution in [0.25, 0.3) is 0 Å². The summed E-state index contributed by atoms with van der Waals surface area (Å²) in [7, 11) is -1.50. The van der Waals surface area contributed by atoms with E-state index in [1.807, 2.05) is 25.1 Å². The molecule has 0 heterocycles. The summed E-state index contributed by atoms with van der Waals surface area (Å²) in [5, 5.41) is -0.731. The average Bonchev–Trinajstić information content (AvgIpc) is 2.56. The SMILES string of the molecule is Cc1ccc([S@](=O)[C@H](C(=O)c2ccccc2)[C@H](C)CC=O)cc1. The van der Waals surface area contributed by atoms with Gasteiger partial charge in [-0.05, 0) is 25.0 Å². The van der Waals surface area contributed by atoms with E-state index in [0.717, 1.165) is 11.8 Å². The fourth-order valence-corrected chi connectivity index (χ4v) is 3.99. The Hall–Kier alpha value is -2.07. The van der Waals surface area contributed by atoms with Gasteiger partial charge in [-0.15, -0.1) is 0 Å². The number of ketones is 1. The zero-order valence-electron chi connectivity index (χ0n) is 13.3. The first-order valence-electron chi connectivity index (χ1n) is 7.54. The summed E-state index contributed by atoms with van der Waals surface area (Å²) in [5.41, 5.74) is 1.59. The van der Waals surface area contributed by atoms with Gasteiger partial charge >= 0.3 is 0 Å². The molecule has 0 aliphatic rings. The van der Waals surface area contributed by atoms with Gasteiger partial charge in [0.15, 0.2) is 5.78 Å². The van der Waals surface area contributed by atoms with Crippen LogP contribution in [-0.4, -0.2) is 21.5 Å². The lowest BCUT2D eigenvalue weighted by Gasteiger charge is -2.21. The molecule has 0 unspecified atom stereocenters. The first-order chi connectivity index (χ1) is 11.0. The molecule has 23 heavy (non-hydrogen) atoms. The van der Waals surface area contributed by atoms with Gasteiger partial charge < -0.3 is 4.79 Å². The van der Waals surface area contributed by atoms with Gasteiger partial charge in [0.25, 0.3) is 0 Å². The fraction of sp³-hybridized carbons (Fsp3) is 0.263. The molecule has 0 N–H and O–H groups in total. The first-order valence-corrected chi connectivity index (χ1v) is 8.76. The minimum Gasteiger partial charge on any atom is -0.303 e. The van der Waals surface area contributed by atoms with Crippen molar-refractivity contribution in [2.24, 2.45) is 5.92 Å². The van der Waals surface area contributed by atoms with Crippen molar-refractivity contribution in [1.82, 2.24) is 0 Å². The quantitative estimate of drug-likeness (QED) is 0.576. The molecule has 0 radical (unpaired) electrons. The van der Waals surface area contributed by atoms with Crippen LogP contribution < -0.4 is 0 Å². The van der Waals surface area contributed by atoms with Crippen molar-refractivity contribution in [3.05, 3.63) is 65.7 Å². The zero-order chi connectivity index (χ0) is 16.8. The van der Waals surface area contributed by atoms with Gasteiger partial charge in [0.2, 0.25) is 0 Å². The van der Waals surface area contributed by atoms with Crippen LogP contribution in [0.15, 0.2) is 59.5 Å². The van der Waals surface area contributed by atoms with E-state index in [-0.39, 0.29) is 18.1 Å². The molecule has 3 nitrogen and oxygen atoms in total. The van der Waals surface area contributed by atoms with Crippen LogP contribution in [0.5, 0.6) is 0 Å². The second-order valence-corrected chi connectivity index (χ2v) is 7.22. The number of aryl methyl sites for hydroxylation is 1. The number of hydrogen-bond acceptors (Lipinski definition) is 3. The van der Waals surface area contributed by atoms with E-state index in [4.69, 9.17) is 0 Å². The second-order valence-electron chi connectivity index (χ2n) is 5.64. The minimum atomic E-state index is -1.50. The van der Waals surface area contributed by atoms with Crippen LogP contribution in [0, 0.1) is 12.8 Å². The summed E-state index contributed by atoms with van der Waals surface area (Å²) in [5.74, 6) is -0.471. The average molecular weight is 328 g/mol. The Morgan fingerprint density at radius 2 is 1.70 bits per heavy atom. The summed E-state index contributed by atoms with van der Waals surface area (Å²) in [6, 6.07) is 16.1. The number of aldehydes is 1. The summed E-state index contributed by atoms with van der Waals surface area (Å²) in [6.07, 6.45) is 0.989. The van der Waals surface area contributed by atoms with E-state index in [1.54, 1.807) is 43.3 Å². The predicted octanol–water partition coefficient (Wildman–Crippen LogP) is 3.58. The van der Waals surface area contributed by atoms with E-state index in [0.29, 0.717) is 10.5 Å². The molecule has 0 aliphatic carbocycles. The molecule has 120 valence electrons. The highest BCUT2D eigenvalue weighted by Crippen LogP contribution is 2.23. The number of rotatable bonds is 7. The number of benzene rings is 2. The third kappa shape index (κ3) is 4.23. The van der Waals surface area contributed by atoms with Gasteiger partial charge in [0.05, 0.1) is 10.8 Å². The van der Waals surface area contributed by atoms with Crippen molar-refractivity contribution in [2.75, 3.05) is 0 Å². The Labute approximate surface area is 139 Å². The van der Waals surface area contributed by atoms with Crippen LogP contribution >= 0.6 is 0 Å². The number of Topliss-reactive ketones (excluding diaryl/α,β-unsaturated/α-hetero) is 1. The van der Waals surface area contributed by atoms with E-state index in [1.165, 1.54) is 0 Å². The van der Waals surface area contributed by atoms with Gasteiger partial charge in [-0.25, -0.2) is 0 Å². The monoisotopic (exact) mass is 328 g/mol. The third-order valence-electron chi connectivity index (χ3n) is 3.79. The molecule has 0 amide bonds. The maximum atomic E-state index is 13.0. The Balaban J connectivity index is 2.37. The van der Waals surface area contributed by atoms with Crippen molar-refractivity contribution < 1.29 is 13.8 Å². The second kappa shape index (κ2) is 7.97. The van der Waals surface area contributed by atoms with Gasteiger partial charge in [-0.3, -0.25) is 9.00 Å². The maximum Gasteiger partial charge on any atom is 0.179 e. The van der Waals surface area contributed by atoms with Gasteiger partial charge in [0.1, 0.15) is 11.5 Å². The third-order valence-corrected chi connectivity index (χ3v) is 5.66. The lowest BCUT2D eigenvalue weighted by Crippen LogP contribution is -2.33. The molecule has 2 rings (SSSR count). The summed E-state index contributed by atoms with van der Waals surface area (Å²) in [6.45, 7) is 3.75. The molecular formula is C19H20O3S. The number of hydrogen-bond donors (Lipinski definition) is 0. The van der Waals surface area contributed by atoms with E-state index >= 15 is 0 Å². The largest absolute Gasteiger partial charge is 0.303 e. The van der Waals surface area contributed by atoms with Crippen molar-refractivity contribution in [3.63, 3.8) is 0 Å². The molecule has 0 spiro atoms. The van der Waals surface area contributed by atoms with Gasteiger partial charge in [-0.1, -0.05) is 55.0 Å². The molecule has 0 fully saturated rings. The van der Waals surface area contributed by atoms with Crippen molar-refractivity contribution in [3.8, 4) is 0 Å². The number of carbonyl (C=O) groups excluding carboxylic acids is 2. The van der Waals surface area contributed by atoms with Gasteiger partial charge in [-0.2, -0.15) is 0 Å². The zero-order valence-corrected chi connectivity index (χ0v) is 14.1. The normalized spacial score (nSPS) is 14.7. The Bertz CT molecular complexity index is 692. The van der Waals surface area contributed by atoms with E-state index in [2.05, 4.69) is 0 Å². The molecule has 4 heteroatoms. The molecule has 0 bridgehead atoms. The lowest BCUT2D eigenvalue weighted by molar-refractivity contribution is -0.108. The molecule has 2 aromatic rings. The van der Waals surface area contributed by atoms with Crippen molar-refractivity contribution in [2.45, 2.75) is 30.4 Å². The molecule has 0 saturated carbocycles. The standard InChI is InChI=1S/C19H20O3S/c1-14-8-10-17(11-9-14)23(22)19(15(2)12-13-20)18(21)16-6-4-3-5-7-16/h3-11,13,15,19H,12H2,1-2H3/t15-,19+,23+/m1/s1. The molecule has 3 atom stereocenters. The molecule has 0 aromatic heterocycles. The highest BCUT2D eigenvalue weighted by Gasteiger charge is 2.32. The molecular weight excluding hydrogens is 308 g/mol. The van der Waals surface area contributed by atoms with Crippen LogP contribution in [0.1, 0.15) is 29.3 Å². The summed E-state index contributed by atoms with van der Waals surface area (Å²) >= 11 is 0. The van der Waals surface area contributed by atoms with Crippen molar-refractivity contribution in [1.29, 1.82) is 0 Å². The molecule has 0 aliphatic heterocycles. The predicted molar refractivity (Wildman–Crippen MR) is 92.0 cm³/mol. The topological polar surface area (TPSA) is 51.2 Å². The lowest BCUT2D eigenvalue weighted by atomic mass is 9.97.